The first kappa shape index (κ1) is 16.9. The number of nitrogens with zero attached hydrogens (tertiary/aromatic N) is 1. The summed E-state index contributed by atoms with van der Waals surface area (Å²) in [6.07, 6.45) is 0.617. The summed E-state index contributed by atoms with van der Waals surface area (Å²) in [5, 5.41) is 12.7. The number of aliphatic hydroxyl groups excluding tert-OH is 1. The molecule has 0 radical (unpaired) electrons. The quantitative estimate of drug-likeness (QED) is 0.718. The van der Waals surface area contributed by atoms with E-state index in [-0.39, 0.29) is 24.7 Å². The second kappa shape index (κ2) is 7.31. The fourth-order valence-corrected chi connectivity index (χ4v) is 2.33. The molecule has 0 aliphatic heterocycles. The van der Waals surface area contributed by atoms with Crippen molar-refractivity contribution in [1.29, 1.82) is 0 Å². The molecule has 3 rings (SSSR count). The van der Waals surface area contributed by atoms with Crippen LogP contribution in [0.3, 0.4) is 0 Å². The van der Waals surface area contributed by atoms with Gasteiger partial charge in [0.15, 0.2) is 5.76 Å². The molecular weight excluding hydrogens is 327 g/mol. The third-order valence-corrected chi connectivity index (χ3v) is 3.70. The van der Waals surface area contributed by atoms with Crippen molar-refractivity contribution in [2.45, 2.75) is 19.4 Å². The molecular formula is C18H17FN2O4. The number of carbonyl (C=O) groups is 1. The minimum absolute atomic E-state index is 0.0200. The number of halogens is 1. The minimum atomic E-state index is -0.915. The Morgan fingerprint density at radius 2 is 2.08 bits per heavy atom. The number of rotatable bonds is 6. The molecule has 0 fully saturated rings. The summed E-state index contributed by atoms with van der Waals surface area (Å²) in [5.41, 5.74) is 1.03. The molecule has 0 bridgehead atoms. The van der Waals surface area contributed by atoms with E-state index in [2.05, 4.69) is 10.3 Å². The number of benzene rings is 1. The van der Waals surface area contributed by atoms with Crippen LogP contribution in [0.2, 0.25) is 0 Å². The number of carbonyl (C=O) groups excluding carboxylic acids is 1. The minimum Gasteiger partial charge on any atom is -0.459 e. The first-order valence-corrected chi connectivity index (χ1v) is 7.73. The number of aryl methyl sites for hydroxylation is 1. The number of aliphatic hydroxyl groups is 1. The van der Waals surface area contributed by atoms with E-state index in [1.807, 2.05) is 0 Å². The Morgan fingerprint density at radius 3 is 2.76 bits per heavy atom. The molecule has 0 aliphatic rings. The number of hydrogen-bond acceptors (Lipinski definition) is 5. The van der Waals surface area contributed by atoms with Gasteiger partial charge in [-0.15, -0.1) is 0 Å². The molecule has 130 valence electrons. The zero-order chi connectivity index (χ0) is 17.8. The molecule has 25 heavy (non-hydrogen) atoms. The van der Waals surface area contributed by atoms with Crippen LogP contribution in [-0.2, 0) is 11.2 Å². The van der Waals surface area contributed by atoms with E-state index in [0.29, 0.717) is 28.7 Å². The van der Waals surface area contributed by atoms with E-state index >= 15 is 0 Å². The van der Waals surface area contributed by atoms with Crippen LogP contribution < -0.4 is 5.32 Å². The van der Waals surface area contributed by atoms with Crippen molar-refractivity contribution in [1.82, 2.24) is 10.3 Å². The smallest absolute Gasteiger partial charge is 0.263 e. The maximum Gasteiger partial charge on any atom is 0.263 e. The summed E-state index contributed by atoms with van der Waals surface area (Å²) in [5.74, 6) is 0.649. The van der Waals surface area contributed by atoms with Gasteiger partial charge in [0.2, 0.25) is 5.91 Å². The highest BCUT2D eigenvalue weighted by molar-refractivity contribution is 5.78. The maximum absolute atomic E-state index is 12.9. The monoisotopic (exact) mass is 344 g/mol. The lowest BCUT2D eigenvalue weighted by Crippen LogP contribution is -2.29. The first-order valence-electron chi connectivity index (χ1n) is 7.73. The highest BCUT2D eigenvalue weighted by Gasteiger charge is 2.17. The lowest BCUT2D eigenvalue weighted by molar-refractivity contribution is -0.121. The van der Waals surface area contributed by atoms with Crippen molar-refractivity contribution >= 4 is 5.91 Å². The van der Waals surface area contributed by atoms with Gasteiger partial charge in [0, 0.05) is 6.54 Å². The lowest BCUT2D eigenvalue weighted by atomic mass is 10.1. The Morgan fingerprint density at radius 1 is 1.32 bits per heavy atom. The number of oxazole rings is 1. The van der Waals surface area contributed by atoms with E-state index in [4.69, 9.17) is 8.83 Å². The fourth-order valence-electron chi connectivity index (χ4n) is 2.33. The van der Waals surface area contributed by atoms with Crippen molar-refractivity contribution in [3.05, 3.63) is 65.5 Å². The Balaban J connectivity index is 1.57. The second-order valence-corrected chi connectivity index (χ2v) is 5.55. The second-order valence-electron chi connectivity index (χ2n) is 5.55. The van der Waals surface area contributed by atoms with Gasteiger partial charge in [0.1, 0.15) is 11.6 Å². The van der Waals surface area contributed by atoms with Crippen molar-refractivity contribution in [2.75, 3.05) is 6.54 Å². The van der Waals surface area contributed by atoms with E-state index in [0.717, 1.165) is 0 Å². The summed E-state index contributed by atoms with van der Waals surface area (Å²) in [6.45, 7) is 1.74. The standard InChI is InChI=1S/C18H17FN2O4/c1-11-14(21-18(25-11)16-3-2-8-24-16)9-17(23)20-10-15(22)12-4-6-13(19)7-5-12/h2-8,15,22H,9-10H2,1H3,(H,20,23). The molecule has 1 atom stereocenters. The number of amides is 1. The normalized spacial score (nSPS) is 12.1. The molecule has 0 aliphatic carbocycles. The van der Waals surface area contributed by atoms with E-state index in [1.165, 1.54) is 30.5 Å². The van der Waals surface area contributed by atoms with Crippen molar-refractivity contribution in [2.24, 2.45) is 0 Å². The molecule has 3 aromatic rings. The van der Waals surface area contributed by atoms with Crippen LogP contribution in [0.5, 0.6) is 0 Å². The van der Waals surface area contributed by atoms with Crippen molar-refractivity contribution in [3.63, 3.8) is 0 Å². The van der Waals surface area contributed by atoms with Crippen LogP contribution in [0.15, 0.2) is 51.5 Å². The van der Waals surface area contributed by atoms with Crippen LogP contribution in [0, 0.1) is 12.7 Å². The average molecular weight is 344 g/mol. The summed E-state index contributed by atoms with van der Waals surface area (Å²) in [4.78, 5) is 16.3. The molecule has 1 aromatic carbocycles. The summed E-state index contributed by atoms with van der Waals surface area (Å²) < 4.78 is 23.6. The van der Waals surface area contributed by atoms with Gasteiger partial charge < -0.3 is 19.3 Å². The van der Waals surface area contributed by atoms with Crippen LogP contribution >= 0.6 is 0 Å². The van der Waals surface area contributed by atoms with Gasteiger partial charge in [0.05, 0.1) is 24.5 Å². The zero-order valence-electron chi connectivity index (χ0n) is 13.5. The summed E-state index contributed by atoms with van der Waals surface area (Å²) in [7, 11) is 0. The molecule has 2 N–H and O–H groups in total. The predicted molar refractivity (Wildman–Crippen MR) is 87.0 cm³/mol. The van der Waals surface area contributed by atoms with Gasteiger partial charge in [0.25, 0.3) is 5.89 Å². The number of aromatic nitrogens is 1. The lowest BCUT2D eigenvalue weighted by Gasteiger charge is -2.12. The van der Waals surface area contributed by atoms with Crippen LogP contribution in [0.1, 0.15) is 23.1 Å². The molecule has 1 amide bonds. The topological polar surface area (TPSA) is 88.5 Å². The van der Waals surface area contributed by atoms with Gasteiger partial charge in [-0.25, -0.2) is 9.37 Å². The predicted octanol–water partition coefficient (Wildman–Crippen LogP) is 2.77. The van der Waals surface area contributed by atoms with Gasteiger partial charge in [-0.1, -0.05) is 12.1 Å². The maximum atomic E-state index is 12.9. The number of furan rings is 1. The third kappa shape index (κ3) is 4.13. The fraction of sp³-hybridized carbons (Fsp3) is 0.222. The van der Waals surface area contributed by atoms with Crippen LogP contribution in [0.4, 0.5) is 4.39 Å². The molecule has 0 spiro atoms. The molecule has 7 heteroatoms. The van der Waals surface area contributed by atoms with Gasteiger partial charge in [-0.2, -0.15) is 0 Å². The Kier molecular flexibility index (Phi) is 4.95. The molecule has 1 unspecified atom stereocenters. The number of nitrogens with one attached hydrogen (secondary N) is 1. The highest BCUT2D eigenvalue weighted by Crippen LogP contribution is 2.22. The first-order chi connectivity index (χ1) is 12.0. The third-order valence-electron chi connectivity index (χ3n) is 3.70. The SMILES string of the molecule is Cc1oc(-c2ccco2)nc1CC(=O)NCC(O)c1ccc(F)cc1. The summed E-state index contributed by atoms with van der Waals surface area (Å²) >= 11 is 0. The zero-order valence-corrected chi connectivity index (χ0v) is 13.5. The van der Waals surface area contributed by atoms with Gasteiger partial charge in [-0.05, 0) is 36.8 Å². The Hall–Kier alpha value is -2.93. The van der Waals surface area contributed by atoms with Crippen molar-refractivity contribution in [3.8, 4) is 11.7 Å². The summed E-state index contributed by atoms with van der Waals surface area (Å²) in [6, 6.07) is 8.91. The van der Waals surface area contributed by atoms with Gasteiger partial charge >= 0.3 is 0 Å². The largest absolute Gasteiger partial charge is 0.459 e. The highest BCUT2D eigenvalue weighted by atomic mass is 19.1. The van der Waals surface area contributed by atoms with Crippen molar-refractivity contribution < 1.29 is 23.1 Å². The molecule has 6 nitrogen and oxygen atoms in total. The van der Waals surface area contributed by atoms with Crippen LogP contribution in [0.25, 0.3) is 11.7 Å². The molecule has 2 aromatic heterocycles. The number of hydrogen-bond donors (Lipinski definition) is 2. The molecule has 0 saturated heterocycles. The van der Waals surface area contributed by atoms with E-state index in [1.54, 1.807) is 19.1 Å². The van der Waals surface area contributed by atoms with Crippen LogP contribution in [-0.4, -0.2) is 22.5 Å². The Labute approximate surface area is 143 Å². The van der Waals surface area contributed by atoms with E-state index in [9.17, 15) is 14.3 Å². The van der Waals surface area contributed by atoms with Gasteiger partial charge in [-0.3, -0.25) is 4.79 Å². The average Bonchev–Trinajstić information content (AvgIpc) is 3.24. The molecule has 2 heterocycles. The molecule has 0 saturated carbocycles. The Bertz CT molecular complexity index is 841. The van der Waals surface area contributed by atoms with E-state index < -0.39 is 6.10 Å².